The molecule has 1 saturated heterocycles. The average molecular weight is 300 g/mol. The predicted molar refractivity (Wildman–Crippen MR) is 73.3 cm³/mol. The zero-order chi connectivity index (χ0) is 14.8. The maximum atomic E-state index is 12.3. The molecule has 0 bridgehead atoms. The van der Waals surface area contributed by atoms with Gasteiger partial charge in [-0.05, 0) is 12.8 Å². The summed E-state index contributed by atoms with van der Waals surface area (Å²) in [6.45, 7) is 4.51. The molecule has 1 aliphatic heterocycles. The molecule has 1 fully saturated rings. The van der Waals surface area contributed by atoms with Crippen LogP contribution in [0.15, 0.2) is 17.3 Å². The van der Waals surface area contributed by atoms with Crippen LogP contribution >= 0.6 is 0 Å². The van der Waals surface area contributed by atoms with E-state index in [0.717, 1.165) is 0 Å². The molecule has 0 aromatic carbocycles. The molecular formula is C12H20N4O3S. The normalized spacial score (nSPS) is 18.4. The van der Waals surface area contributed by atoms with Crippen molar-refractivity contribution < 1.29 is 13.2 Å². The Labute approximate surface area is 118 Å². The Bertz CT molecular complexity index is 545. The maximum Gasteiger partial charge on any atom is 0.246 e. The van der Waals surface area contributed by atoms with Crippen LogP contribution in [-0.4, -0.2) is 48.0 Å². The Morgan fingerprint density at radius 3 is 2.60 bits per heavy atom. The number of amides is 1. The van der Waals surface area contributed by atoms with E-state index in [2.05, 4.69) is 15.5 Å². The minimum absolute atomic E-state index is 0.0149. The Balaban J connectivity index is 1.93. The lowest BCUT2D eigenvalue weighted by atomic mass is 10.1. The highest BCUT2D eigenvalue weighted by atomic mass is 32.2. The second-order valence-corrected chi connectivity index (χ2v) is 7.21. The summed E-state index contributed by atoms with van der Waals surface area (Å²) in [7, 11) is -3.46. The van der Waals surface area contributed by atoms with Gasteiger partial charge in [0.2, 0.25) is 15.9 Å². The molecule has 1 aromatic rings. The Kier molecular flexibility index (Phi) is 4.44. The van der Waals surface area contributed by atoms with E-state index in [4.69, 9.17) is 0 Å². The van der Waals surface area contributed by atoms with Crippen molar-refractivity contribution in [3.05, 3.63) is 12.4 Å². The molecule has 0 spiro atoms. The van der Waals surface area contributed by atoms with Gasteiger partial charge in [-0.25, -0.2) is 8.42 Å². The number of sulfonamides is 1. The third-order valence-corrected chi connectivity index (χ3v) is 5.30. The number of carbonyl (C=O) groups excluding carboxylic acids is 1. The lowest BCUT2D eigenvalue weighted by molar-refractivity contribution is -0.124. The van der Waals surface area contributed by atoms with Gasteiger partial charge in [0, 0.05) is 31.2 Å². The third kappa shape index (κ3) is 3.18. The molecule has 7 nitrogen and oxygen atoms in total. The van der Waals surface area contributed by atoms with Gasteiger partial charge in [0.15, 0.2) is 0 Å². The summed E-state index contributed by atoms with van der Waals surface area (Å²) in [5.74, 6) is -0.0381. The highest BCUT2D eigenvalue weighted by Crippen LogP contribution is 2.19. The number of nitrogens with zero attached hydrogens (tertiary/aromatic N) is 2. The summed E-state index contributed by atoms with van der Waals surface area (Å²) >= 11 is 0. The Morgan fingerprint density at radius 1 is 1.45 bits per heavy atom. The fourth-order valence-electron chi connectivity index (χ4n) is 2.14. The Morgan fingerprint density at radius 2 is 2.10 bits per heavy atom. The molecule has 112 valence electrons. The topological polar surface area (TPSA) is 95.2 Å². The molecule has 0 saturated carbocycles. The van der Waals surface area contributed by atoms with Gasteiger partial charge in [0.1, 0.15) is 4.90 Å². The van der Waals surface area contributed by atoms with Gasteiger partial charge in [-0.3, -0.25) is 9.89 Å². The number of rotatable bonds is 4. The first kappa shape index (κ1) is 15.0. The van der Waals surface area contributed by atoms with Gasteiger partial charge < -0.3 is 5.32 Å². The van der Waals surface area contributed by atoms with E-state index in [1.807, 2.05) is 13.8 Å². The molecule has 1 aliphatic rings. The van der Waals surface area contributed by atoms with E-state index in [1.54, 1.807) is 0 Å². The maximum absolute atomic E-state index is 12.3. The van der Waals surface area contributed by atoms with Crippen LogP contribution in [0.5, 0.6) is 0 Å². The number of nitrogens with one attached hydrogen (secondary N) is 2. The fraction of sp³-hybridized carbons (Fsp3) is 0.667. The van der Waals surface area contributed by atoms with E-state index < -0.39 is 10.0 Å². The summed E-state index contributed by atoms with van der Waals surface area (Å²) in [5, 5.41) is 9.12. The quantitative estimate of drug-likeness (QED) is 0.838. The van der Waals surface area contributed by atoms with Crippen LogP contribution < -0.4 is 5.32 Å². The van der Waals surface area contributed by atoms with Crippen molar-refractivity contribution in [3.63, 3.8) is 0 Å². The standard InChI is InChI=1S/C12H20N4O3S/c1-9(2)12(17)15-10-3-5-16(6-4-10)20(18,19)11-7-13-14-8-11/h7-10H,3-6H2,1-2H3,(H,13,14)(H,15,17). The number of H-pyrrole nitrogens is 1. The van der Waals surface area contributed by atoms with E-state index in [-0.39, 0.29) is 22.8 Å². The van der Waals surface area contributed by atoms with Crippen molar-refractivity contribution in [1.29, 1.82) is 0 Å². The van der Waals surface area contributed by atoms with Crippen LogP contribution in [-0.2, 0) is 14.8 Å². The van der Waals surface area contributed by atoms with E-state index in [0.29, 0.717) is 25.9 Å². The molecule has 2 rings (SSSR count). The first-order chi connectivity index (χ1) is 9.41. The smallest absolute Gasteiger partial charge is 0.246 e. The monoisotopic (exact) mass is 300 g/mol. The summed E-state index contributed by atoms with van der Waals surface area (Å²) in [6.07, 6.45) is 3.95. The lowest BCUT2D eigenvalue weighted by Crippen LogP contribution is -2.47. The number of hydrogen-bond acceptors (Lipinski definition) is 4. The highest BCUT2D eigenvalue weighted by molar-refractivity contribution is 7.89. The zero-order valence-electron chi connectivity index (χ0n) is 11.7. The van der Waals surface area contributed by atoms with Crippen LogP contribution in [0.3, 0.4) is 0 Å². The molecule has 1 amide bonds. The molecule has 8 heteroatoms. The molecule has 0 radical (unpaired) electrons. The summed E-state index contributed by atoms with van der Waals surface area (Å²) < 4.78 is 26.0. The first-order valence-electron chi connectivity index (χ1n) is 6.70. The van der Waals surface area contributed by atoms with Gasteiger partial charge in [0.25, 0.3) is 0 Å². The second-order valence-electron chi connectivity index (χ2n) is 5.28. The van der Waals surface area contributed by atoms with Crippen molar-refractivity contribution >= 4 is 15.9 Å². The van der Waals surface area contributed by atoms with Crippen LogP contribution in [0, 0.1) is 5.92 Å². The number of piperidine rings is 1. The molecule has 20 heavy (non-hydrogen) atoms. The van der Waals surface area contributed by atoms with Gasteiger partial charge in [-0.15, -0.1) is 0 Å². The Hall–Kier alpha value is -1.41. The molecule has 0 unspecified atom stereocenters. The number of aromatic amines is 1. The van der Waals surface area contributed by atoms with Gasteiger partial charge in [-0.2, -0.15) is 9.40 Å². The molecule has 0 aliphatic carbocycles. The summed E-state index contributed by atoms with van der Waals surface area (Å²) in [6, 6.07) is 0.0562. The molecule has 1 aromatic heterocycles. The van der Waals surface area contributed by atoms with Crippen LogP contribution in [0.25, 0.3) is 0 Å². The van der Waals surface area contributed by atoms with Crippen molar-refractivity contribution in [2.75, 3.05) is 13.1 Å². The van der Waals surface area contributed by atoms with Gasteiger partial charge >= 0.3 is 0 Å². The molecule has 2 heterocycles. The van der Waals surface area contributed by atoms with Crippen LogP contribution in [0.4, 0.5) is 0 Å². The zero-order valence-corrected chi connectivity index (χ0v) is 12.5. The average Bonchev–Trinajstić information content (AvgIpc) is 2.93. The predicted octanol–water partition coefficient (Wildman–Crippen LogP) is 0.335. The fourth-order valence-corrected chi connectivity index (χ4v) is 3.51. The van der Waals surface area contributed by atoms with Crippen LogP contribution in [0.2, 0.25) is 0 Å². The highest BCUT2D eigenvalue weighted by Gasteiger charge is 2.30. The van der Waals surface area contributed by atoms with Crippen molar-refractivity contribution in [2.24, 2.45) is 5.92 Å². The van der Waals surface area contributed by atoms with Crippen molar-refractivity contribution in [1.82, 2.24) is 19.8 Å². The van der Waals surface area contributed by atoms with Gasteiger partial charge in [0.05, 0.1) is 6.20 Å². The molecule has 2 N–H and O–H groups in total. The molecule has 0 atom stereocenters. The number of carbonyl (C=O) groups is 1. The second kappa shape index (κ2) is 5.92. The van der Waals surface area contributed by atoms with E-state index in [1.165, 1.54) is 16.7 Å². The van der Waals surface area contributed by atoms with Crippen molar-refractivity contribution in [3.8, 4) is 0 Å². The van der Waals surface area contributed by atoms with E-state index in [9.17, 15) is 13.2 Å². The largest absolute Gasteiger partial charge is 0.353 e. The van der Waals surface area contributed by atoms with Crippen molar-refractivity contribution in [2.45, 2.75) is 37.6 Å². The SMILES string of the molecule is CC(C)C(=O)NC1CCN(S(=O)(=O)c2cn[nH]c2)CC1. The first-order valence-corrected chi connectivity index (χ1v) is 8.14. The van der Waals surface area contributed by atoms with Crippen LogP contribution in [0.1, 0.15) is 26.7 Å². The number of hydrogen-bond donors (Lipinski definition) is 2. The van der Waals surface area contributed by atoms with E-state index >= 15 is 0 Å². The summed E-state index contributed by atoms with van der Waals surface area (Å²) in [5.41, 5.74) is 0. The number of aromatic nitrogens is 2. The molecular weight excluding hydrogens is 280 g/mol. The lowest BCUT2D eigenvalue weighted by Gasteiger charge is -2.31. The minimum atomic E-state index is -3.46. The summed E-state index contributed by atoms with van der Waals surface area (Å²) in [4.78, 5) is 11.8. The third-order valence-electron chi connectivity index (χ3n) is 3.44. The van der Waals surface area contributed by atoms with Gasteiger partial charge in [-0.1, -0.05) is 13.8 Å². The minimum Gasteiger partial charge on any atom is -0.353 e.